The molecule has 4 rings (SSSR count). The monoisotopic (exact) mass is 495 g/mol. The van der Waals surface area contributed by atoms with Gasteiger partial charge in [-0.1, -0.05) is 24.6 Å². The number of benzene rings is 1. The van der Waals surface area contributed by atoms with Gasteiger partial charge in [0.2, 0.25) is 5.89 Å². The van der Waals surface area contributed by atoms with Crippen molar-refractivity contribution < 1.29 is 4.42 Å². The Hall–Kier alpha value is -1.61. The first-order valence-corrected chi connectivity index (χ1v) is 10.0. The number of guanidine groups is 1. The summed E-state index contributed by atoms with van der Waals surface area (Å²) in [4.78, 5) is 14.1. The summed E-state index contributed by atoms with van der Waals surface area (Å²) in [7, 11) is 1.86. The lowest BCUT2D eigenvalue weighted by molar-refractivity contribution is 0.168. The van der Waals surface area contributed by atoms with Crippen LogP contribution in [0.3, 0.4) is 0 Å². The molecular weight excluding hydrogens is 465 g/mol. The number of aliphatic imine (C=N–C) groups is 1. The van der Waals surface area contributed by atoms with Gasteiger partial charge in [-0.05, 0) is 44.5 Å². The first kappa shape index (κ1) is 21.1. The molecule has 1 aromatic heterocycles. The second-order valence-electron chi connectivity index (χ2n) is 7.40. The number of halogens is 1. The smallest absolute Gasteiger partial charge is 0.226 e. The van der Waals surface area contributed by atoms with Crippen LogP contribution in [0.5, 0.6) is 0 Å². The van der Waals surface area contributed by atoms with E-state index in [0.717, 1.165) is 30.3 Å². The molecule has 0 bridgehead atoms. The average Bonchev–Trinajstić information content (AvgIpc) is 3.40. The third kappa shape index (κ3) is 5.05. The van der Waals surface area contributed by atoms with Crippen LogP contribution in [0.15, 0.2) is 46.0 Å². The van der Waals surface area contributed by atoms with Gasteiger partial charge in [0.15, 0.2) is 5.96 Å². The number of nitrogens with zero attached hydrogens (tertiary/aromatic N) is 4. The lowest BCUT2D eigenvalue weighted by Gasteiger charge is -2.32. The van der Waals surface area contributed by atoms with E-state index in [4.69, 9.17) is 4.42 Å². The first-order valence-electron chi connectivity index (χ1n) is 10.0. The number of hydrogen-bond acceptors (Lipinski definition) is 4. The molecule has 2 aliphatic heterocycles. The highest BCUT2D eigenvalue weighted by atomic mass is 127. The Morgan fingerprint density at radius 1 is 1.18 bits per heavy atom. The van der Waals surface area contributed by atoms with Gasteiger partial charge in [-0.15, -0.1) is 24.0 Å². The molecule has 1 aromatic carbocycles. The summed E-state index contributed by atoms with van der Waals surface area (Å²) < 4.78 is 5.63. The summed E-state index contributed by atoms with van der Waals surface area (Å²) in [6, 6.07) is 10.7. The van der Waals surface area contributed by atoms with Crippen molar-refractivity contribution in [2.45, 2.75) is 38.3 Å². The molecule has 1 unspecified atom stereocenters. The molecular formula is C21H30IN5O. The van der Waals surface area contributed by atoms with Crippen molar-refractivity contribution in [3.05, 3.63) is 42.3 Å². The summed E-state index contributed by atoms with van der Waals surface area (Å²) in [5.41, 5.74) is 1.89. The van der Waals surface area contributed by atoms with Crippen LogP contribution in [0.2, 0.25) is 0 Å². The van der Waals surface area contributed by atoms with Gasteiger partial charge >= 0.3 is 0 Å². The van der Waals surface area contributed by atoms with E-state index >= 15 is 0 Å². The van der Waals surface area contributed by atoms with E-state index in [1.807, 2.05) is 37.4 Å². The van der Waals surface area contributed by atoms with Gasteiger partial charge < -0.3 is 14.6 Å². The van der Waals surface area contributed by atoms with Gasteiger partial charge in [-0.3, -0.25) is 9.89 Å². The molecule has 0 amide bonds. The van der Waals surface area contributed by atoms with Crippen LogP contribution in [0, 0.1) is 0 Å². The summed E-state index contributed by atoms with van der Waals surface area (Å²) in [6.45, 7) is 5.26. The van der Waals surface area contributed by atoms with Gasteiger partial charge in [0.25, 0.3) is 0 Å². The zero-order valence-electron chi connectivity index (χ0n) is 16.5. The lowest BCUT2D eigenvalue weighted by atomic mass is 10.1. The molecule has 1 N–H and O–H groups in total. The highest BCUT2D eigenvalue weighted by Gasteiger charge is 2.29. The molecule has 2 aromatic rings. The Morgan fingerprint density at radius 2 is 1.96 bits per heavy atom. The van der Waals surface area contributed by atoms with Gasteiger partial charge in [0, 0.05) is 31.7 Å². The minimum Gasteiger partial charge on any atom is -0.444 e. The van der Waals surface area contributed by atoms with Crippen LogP contribution < -0.4 is 5.32 Å². The second-order valence-corrected chi connectivity index (χ2v) is 7.40. The van der Waals surface area contributed by atoms with E-state index in [1.165, 1.54) is 38.8 Å². The Bertz CT molecular complexity index is 757. The third-order valence-electron chi connectivity index (χ3n) is 5.58. The predicted octanol–water partition coefficient (Wildman–Crippen LogP) is 3.60. The molecule has 0 radical (unpaired) electrons. The molecule has 28 heavy (non-hydrogen) atoms. The largest absolute Gasteiger partial charge is 0.444 e. The van der Waals surface area contributed by atoms with Crippen LogP contribution in [0.4, 0.5) is 0 Å². The third-order valence-corrected chi connectivity index (χ3v) is 5.58. The number of piperidine rings is 1. The van der Waals surface area contributed by atoms with E-state index in [0.29, 0.717) is 18.5 Å². The Morgan fingerprint density at radius 3 is 2.71 bits per heavy atom. The highest BCUT2D eigenvalue weighted by Crippen LogP contribution is 2.21. The SMILES string of the molecule is CN=C(NCc1coc(-c2ccccc2)n1)N1CCC(N2CCCCC2)C1.I. The van der Waals surface area contributed by atoms with E-state index < -0.39 is 0 Å². The molecule has 1 atom stereocenters. The van der Waals surface area contributed by atoms with Crippen molar-refractivity contribution in [2.24, 2.45) is 4.99 Å². The van der Waals surface area contributed by atoms with Crippen molar-refractivity contribution in [3.8, 4) is 11.5 Å². The van der Waals surface area contributed by atoms with Crippen molar-refractivity contribution in [2.75, 3.05) is 33.2 Å². The summed E-state index contributed by atoms with van der Waals surface area (Å²) >= 11 is 0. The normalized spacial score (nSPS) is 20.8. The van der Waals surface area contributed by atoms with Crippen molar-refractivity contribution >= 4 is 29.9 Å². The molecule has 2 aliphatic rings. The van der Waals surface area contributed by atoms with E-state index in [9.17, 15) is 0 Å². The van der Waals surface area contributed by atoms with Gasteiger partial charge in [-0.2, -0.15) is 0 Å². The molecule has 152 valence electrons. The van der Waals surface area contributed by atoms with Gasteiger partial charge in [0.05, 0.1) is 12.2 Å². The lowest BCUT2D eigenvalue weighted by Crippen LogP contribution is -2.44. The van der Waals surface area contributed by atoms with Crippen molar-refractivity contribution in [1.82, 2.24) is 20.1 Å². The molecule has 2 fully saturated rings. The van der Waals surface area contributed by atoms with E-state index in [2.05, 4.69) is 25.1 Å². The Kier molecular flexibility index (Phi) is 7.73. The number of oxazole rings is 1. The minimum atomic E-state index is 0. The summed E-state index contributed by atoms with van der Waals surface area (Å²) in [5, 5.41) is 3.45. The second kappa shape index (κ2) is 10.2. The maximum Gasteiger partial charge on any atom is 0.226 e. The van der Waals surface area contributed by atoms with Crippen molar-refractivity contribution in [3.63, 3.8) is 0 Å². The molecule has 6 nitrogen and oxygen atoms in total. The number of likely N-dealkylation sites (tertiary alicyclic amines) is 2. The standard InChI is InChI=1S/C21H29N5O.HI/c1-22-21(26-13-10-19(15-26)25-11-6-3-7-12-25)23-14-18-16-27-20(24-18)17-8-4-2-5-9-17;/h2,4-5,8-9,16,19H,3,6-7,10-15H2,1H3,(H,22,23);1H. The molecule has 0 saturated carbocycles. The van der Waals surface area contributed by atoms with Crippen LogP contribution in [0.25, 0.3) is 11.5 Å². The highest BCUT2D eigenvalue weighted by molar-refractivity contribution is 14.0. The topological polar surface area (TPSA) is 56.9 Å². The molecule has 3 heterocycles. The fraction of sp³-hybridized carbons (Fsp3) is 0.524. The predicted molar refractivity (Wildman–Crippen MR) is 123 cm³/mol. The van der Waals surface area contributed by atoms with Crippen LogP contribution in [0.1, 0.15) is 31.4 Å². The maximum absolute atomic E-state index is 5.63. The Balaban J connectivity index is 0.00000225. The fourth-order valence-corrected chi connectivity index (χ4v) is 4.12. The first-order chi connectivity index (χ1) is 13.3. The Labute approximate surface area is 184 Å². The van der Waals surface area contributed by atoms with E-state index in [-0.39, 0.29) is 24.0 Å². The van der Waals surface area contributed by atoms with Crippen molar-refractivity contribution in [1.29, 1.82) is 0 Å². The van der Waals surface area contributed by atoms with Crippen LogP contribution >= 0.6 is 24.0 Å². The number of aromatic nitrogens is 1. The molecule has 2 saturated heterocycles. The number of hydrogen-bond donors (Lipinski definition) is 1. The molecule has 0 spiro atoms. The summed E-state index contributed by atoms with van der Waals surface area (Å²) in [6.07, 6.45) is 7.03. The summed E-state index contributed by atoms with van der Waals surface area (Å²) in [5.74, 6) is 1.62. The maximum atomic E-state index is 5.63. The molecule has 0 aliphatic carbocycles. The molecule has 7 heteroatoms. The van der Waals surface area contributed by atoms with Gasteiger partial charge in [-0.25, -0.2) is 4.98 Å². The quantitative estimate of drug-likeness (QED) is 0.399. The zero-order valence-corrected chi connectivity index (χ0v) is 18.8. The fourth-order valence-electron chi connectivity index (χ4n) is 4.12. The van der Waals surface area contributed by atoms with Crippen LogP contribution in [-0.4, -0.2) is 60.0 Å². The minimum absolute atomic E-state index is 0. The van der Waals surface area contributed by atoms with Crippen LogP contribution in [-0.2, 0) is 6.54 Å². The van der Waals surface area contributed by atoms with E-state index in [1.54, 1.807) is 6.26 Å². The number of nitrogens with one attached hydrogen (secondary N) is 1. The zero-order chi connectivity index (χ0) is 18.5. The number of rotatable bonds is 4. The average molecular weight is 495 g/mol. The van der Waals surface area contributed by atoms with Gasteiger partial charge in [0.1, 0.15) is 6.26 Å².